The molecule has 0 unspecified atom stereocenters. The number of rotatable bonds is 4. The molecule has 1 N–H and O–H groups in total. The first-order valence-electron chi connectivity index (χ1n) is 7.78. The number of hydrogen-bond donors (Lipinski definition) is 1. The number of piperazine rings is 1. The number of para-hydroxylation sites is 1. The Balaban J connectivity index is 1.86. The van der Waals surface area contributed by atoms with E-state index in [-0.39, 0.29) is 6.61 Å². The van der Waals surface area contributed by atoms with Crippen LogP contribution in [0.25, 0.3) is 10.9 Å². The van der Waals surface area contributed by atoms with Crippen molar-refractivity contribution in [2.45, 2.75) is 20.0 Å². The minimum absolute atomic E-state index is 0.0440. The summed E-state index contributed by atoms with van der Waals surface area (Å²) < 4.78 is 0. The SMILES string of the molecule is CCCN1CCN(c2nc3ccccc3cc2CO)CC1. The second-order valence-corrected chi connectivity index (χ2v) is 5.65. The lowest BCUT2D eigenvalue weighted by Crippen LogP contribution is -2.47. The summed E-state index contributed by atoms with van der Waals surface area (Å²) >= 11 is 0. The largest absolute Gasteiger partial charge is 0.392 e. The molecule has 3 rings (SSSR count). The van der Waals surface area contributed by atoms with Gasteiger partial charge >= 0.3 is 0 Å². The molecule has 1 aromatic carbocycles. The fraction of sp³-hybridized carbons (Fsp3) is 0.471. The molecule has 21 heavy (non-hydrogen) atoms. The van der Waals surface area contributed by atoms with Gasteiger partial charge in [-0.2, -0.15) is 0 Å². The number of pyridine rings is 1. The molecule has 0 atom stereocenters. The summed E-state index contributed by atoms with van der Waals surface area (Å²) in [7, 11) is 0. The van der Waals surface area contributed by atoms with Crippen molar-refractivity contribution in [2.24, 2.45) is 0 Å². The molecule has 1 aliphatic heterocycles. The van der Waals surface area contributed by atoms with Crippen LogP contribution in [0.2, 0.25) is 0 Å². The number of nitrogens with zero attached hydrogens (tertiary/aromatic N) is 3. The molecule has 0 saturated carbocycles. The van der Waals surface area contributed by atoms with Gasteiger partial charge in [0.1, 0.15) is 5.82 Å². The van der Waals surface area contributed by atoms with E-state index < -0.39 is 0 Å². The Kier molecular flexibility index (Phi) is 4.36. The molecule has 1 saturated heterocycles. The van der Waals surface area contributed by atoms with Crippen molar-refractivity contribution in [3.05, 3.63) is 35.9 Å². The Hall–Kier alpha value is -1.65. The first-order chi connectivity index (χ1) is 10.3. The van der Waals surface area contributed by atoms with E-state index in [1.165, 1.54) is 13.0 Å². The fourth-order valence-electron chi connectivity index (χ4n) is 3.04. The molecule has 0 bridgehead atoms. The highest BCUT2D eigenvalue weighted by Crippen LogP contribution is 2.24. The maximum absolute atomic E-state index is 9.67. The summed E-state index contributed by atoms with van der Waals surface area (Å²) in [4.78, 5) is 9.59. The van der Waals surface area contributed by atoms with Gasteiger partial charge in [-0.05, 0) is 25.1 Å². The molecular formula is C17H23N3O. The van der Waals surface area contributed by atoms with Crippen molar-refractivity contribution in [1.29, 1.82) is 0 Å². The molecule has 2 heterocycles. The minimum Gasteiger partial charge on any atom is -0.392 e. The predicted octanol–water partition coefficient (Wildman–Crippen LogP) is 2.26. The van der Waals surface area contributed by atoms with Crippen LogP contribution in [-0.2, 0) is 6.61 Å². The number of aliphatic hydroxyl groups excluding tert-OH is 1. The van der Waals surface area contributed by atoms with Crippen molar-refractivity contribution in [3.63, 3.8) is 0 Å². The number of benzene rings is 1. The number of aromatic nitrogens is 1. The molecule has 1 aliphatic rings. The third-order valence-corrected chi connectivity index (χ3v) is 4.16. The van der Waals surface area contributed by atoms with Crippen LogP contribution in [0.15, 0.2) is 30.3 Å². The molecule has 1 aromatic heterocycles. The van der Waals surface area contributed by atoms with E-state index in [0.29, 0.717) is 0 Å². The first-order valence-corrected chi connectivity index (χ1v) is 7.78. The molecule has 0 spiro atoms. The molecule has 0 aliphatic carbocycles. The Labute approximate surface area is 126 Å². The van der Waals surface area contributed by atoms with Crippen LogP contribution in [0.3, 0.4) is 0 Å². The topological polar surface area (TPSA) is 39.6 Å². The average molecular weight is 285 g/mol. The van der Waals surface area contributed by atoms with Crippen LogP contribution >= 0.6 is 0 Å². The molecule has 0 amide bonds. The van der Waals surface area contributed by atoms with Crippen LogP contribution < -0.4 is 4.90 Å². The van der Waals surface area contributed by atoms with Gasteiger partial charge in [0.2, 0.25) is 0 Å². The van der Waals surface area contributed by atoms with Gasteiger partial charge in [-0.1, -0.05) is 25.1 Å². The summed E-state index contributed by atoms with van der Waals surface area (Å²) in [6, 6.07) is 10.2. The Morgan fingerprint density at radius 2 is 1.90 bits per heavy atom. The van der Waals surface area contributed by atoms with E-state index in [1.54, 1.807) is 0 Å². The van der Waals surface area contributed by atoms with E-state index in [2.05, 4.69) is 22.8 Å². The zero-order chi connectivity index (χ0) is 14.7. The van der Waals surface area contributed by atoms with Gasteiger partial charge in [0.05, 0.1) is 12.1 Å². The minimum atomic E-state index is 0.0440. The summed E-state index contributed by atoms with van der Waals surface area (Å²) in [6.07, 6.45) is 1.20. The van der Waals surface area contributed by atoms with Crippen LogP contribution in [-0.4, -0.2) is 47.7 Å². The van der Waals surface area contributed by atoms with Crippen LogP contribution in [0.4, 0.5) is 5.82 Å². The summed E-state index contributed by atoms with van der Waals surface area (Å²) in [5, 5.41) is 10.8. The van der Waals surface area contributed by atoms with Crippen LogP contribution in [0, 0.1) is 0 Å². The van der Waals surface area contributed by atoms with Crippen molar-refractivity contribution in [3.8, 4) is 0 Å². The Morgan fingerprint density at radius 1 is 1.14 bits per heavy atom. The fourth-order valence-corrected chi connectivity index (χ4v) is 3.04. The number of fused-ring (bicyclic) bond motifs is 1. The van der Waals surface area contributed by atoms with Crippen LogP contribution in [0.1, 0.15) is 18.9 Å². The zero-order valence-electron chi connectivity index (χ0n) is 12.6. The third kappa shape index (κ3) is 3.01. The molecule has 1 fully saturated rings. The normalized spacial score (nSPS) is 16.6. The highest BCUT2D eigenvalue weighted by molar-refractivity contribution is 5.81. The van der Waals surface area contributed by atoms with E-state index in [1.807, 2.05) is 24.3 Å². The molecule has 112 valence electrons. The maximum Gasteiger partial charge on any atom is 0.134 e. The third-order valence-electron chi connectivity index (χ3n) is 4.16. The zero-order valence-corrected chi connectivity index (χ0v) is 12.6. The van der Waals surface area contributed by atoms with E-state index >= 15 is 0 Å². The van der Waals surface area contributed by atoms with E-state index in [4.69, 9.17) is 4.98 Å². The lowest BCUT2D eigenvalue weighted by molar-refractivity contribution is 0.255. The van der Waals surface area contributed by atoms with Crippen molar-refractivity contribution in [2.75, 3.05) is 37.6 Å². The van der Waals surface area contributed by atoms with E-state index in [9.17, 15) is 5.11 Å². The van der Waals surface area contributed by atoms with Crippen LogP contribution in [0.5, 0.6) is 0 Å². The van der Waals surface area contributed by atoms with Crippen molar-refractivity contribution < 1.29 is 5.11 Å². The summed E-state index contributed by atoms with van der Waals surface area (Å²) in [5.74, 6) is 0.951. The number of anilines is 1. The second kappa shape index (κ2) is 6.41. The number of aliphatic hydroxyl groups is 1. The highest BCUT2D eigenvalue weighted by atomic mass is 16.3. The van der Waals surface area contributed by atoms with Gasteiger partial charge < -0.3 is 10.0 Å². The second-order valence-electron chi connectivity index (χ2n) is 5.65. The first kappa shape index (κ1) is 14.3. The highest BCUT2D eigenvalue weighted by Gasteiger charge is 2.20. The summed E-state index contributed by atoms with van der Waals surface area (Å²) in [5.41, 5.74) is 1.93. The standard InChI is InChI=1S/C17H23N3O/c1-2-7-19-8-10-20(11-9-19)17-15(13-21)12-14-5-3-4-6-16(14)18-17/h3-6,12,21H,2,7-11,13H2,1H3. The molecule has 0 radical (unpaired) electrons. The smallest absolute Gasteiger partial charge is 0.134 e. The Morgan fingerprint density at radius 3 is 2.62 bits per heavy atom. The lowest BCUT2D eigenvalue weighted by Gasteiger charge is -2.36. The lowest BCUT2D eigenvalue weighted by atomic mass is 10.1. The van der Waals surface area contributed by atoms with Gasteiger partial charge in [-0.25, -0.2) is 4.98 Å². The monoisotopic (exact) mass is 285 g/mol. The van der Waals surface area contributed by atoms with Gasteiger partial charge in [-0.15, -0.1) is 0 Å². The van der Waals surface area contributed by atoms with Gasteiger partial charge in [0.15, 0.2) is 0 Å². The summed E-state index contributed by atoms with van der Waals surface area (Å²) in [6.45, 7) is 7.56. The predicted molar refractivity (Wildman–Crippen MR) is 86.6 cm³/mol. The Bertz CT molecular complexity index is 606. The average Bonchev–Trinajstić information content (AvgIpc) is 2.54. The molecule has 4 heteroatoms. The maximum atomic E-state index is 9.67. The van der Waals surface area contributed by atoms with Crippen molar-refractivity contribution in [1.82, 2.24) is 9.88 Å². The molecular weight excluding hydrogens is 262 g/mol. The molecule has 4 nitrogen and oxygen atoms in total. The molecule has 2 aromatic rings. The van der Waals surface area contributed by atoms with Crippen molar-refractivity contribution >= 4 is 16.7 Å². The number of hydrogen-bond acceptors (Lipinski definition) is 4. The quantitative estimate of drug-likeness (QED) is 0.935. The van der Waals surface area contributed by atoms with Gasteiger partial charge in [0, 0.05) is 37.1 Å². The van der Waals surface area contributed by atoms with Gasteiger partial charge in [-0.3, -0.25) is 4.90 Å². The van der Waals surface area contributed by atoms with Gasteiger partial charge in [0.25, 0.3) is 0 Å². The van der Waals surface area contributed by atoms with E-state index in [0.717, 1.165) is 48.5 Å².